The summed E-state index contributed by atoms with van der Waals surface area (Å²) in [5.41, 5.74) is 4.99. The quantitative estimate of drug-likeness (QED) is 0.356. The van der Waals surface area contributed by atoms with E-state index in [-0.39, 0.29) is 5.75 Å². The fraction of sp³-hybridized carbons (Fsp3) is 1.00. The lowest BCUT2D eigenvalue weighted by molar-refractivity contribution is 0.554. The molecule has 0 saturated carbocycles. The molecule has 3 N–H and O–H groups in total. The highest BCUT2D eigenvalue weighted by Gasteiger charge is 2.03. The molecule has 0 fully saturated rings. The lowest BCUT2D eigenvalue weighted by Crippen LogP contribution is -2.26. The summed E-state index contributed by atoms with van der Waals surface area (Å²) in [5.74, 6) is 0.239. The predicted octanol–water partition coefficient (Wildman–Crippen LogP) is -0.577. The van der Waals surface area contributed by atoms with Gasteiger partial charge in [-0.25, -0.2) is 4.21 Å². The van der Waals surface area contributed by atoms with Gasteiger partial charge in [0, 0.05) is 5.75 Å². The molecule has 0 aliphatic carbocycles. The molecule has 0 saturated heterocycles. The highest BCUT2D eigenvalue weighted by Crippen LogP contribution is 1.85. The molecule has 0 bridgehead atoms. The van der Waals surface area contributed by atoms with Gasteiger partial charge in [-0.05, 0) is 0 Å². The fourth-order valence-corrected chi connectivity index (χ4v) is 0.574. The highest BCUT2D eigenvalue weighted by atomic mass is 32.2. The average Bonchev–Trinajstić information content (AvgIpc) is 1.65. The van der Waals surface area contributed by atoms with E-state index in [9.17, 15) is 4.21 Å². The Labute approximate surface area is 50.0 Å². The van der Waals surface area contributed by atoms with E-state index in [1.807, 2.05) is 0 Å². The second kappa shape index (κ2) is 3.43. The van der Waals surface area contributed by atoms with Gasteiger partial charge in [0.2, 0.25) is 0 Å². The lowest BCUT2D eigenvalue weighted by Gasteiger charge is -1.97. The van der Waals surface area contributed by atoms with Crippen LogP contribution in [-0.2, 0) is 11.1 Å². The van der Waals surface area contributed by atoms with Crippen LogP contribution in [0, 0.1) is 0 Å². The Bertz CT molecular complexity index is 76.1. The maximum absolute atomic E-state index is 9.87. The molecule has 0 aliphatic heterocycles. The van der Waals surface area contributed by atoms with E-state index >= 15 is 0 Å². The van der Waals surface area contributed by atoms with Crippen LogP contribution in [0.5, 0.6) is 0 Å². The Morgan fingerprint density at radius 3 is 2.43 bits per heavy atom. The molecule has 5 heteroatoms. The number of nitrogens with two attached hydrogens (primary N) is 1. The SMILES string of the molecule is N[C@@H](CS)S(=O)O. The molecule has 0 heterocycles. The maximum Gasteiger partial charge on any atom is 0.171 e. The van der Waals surface area contributed by atoms with Crippen molar-refractivity contribution in [3.05, 3.63) is 0 Å². The molecular weight excluding hydrogens is 134 g/mol. The Kier molecular flexibility index (Phi) is 3.63. The maximum atomic E-state index is 9.87. The first kappa shape index (κ1) is 7.42. The van der Waals surface area contributed by atoms with Gasteiger partial charge in [0.25, 0.3) is 0 Å². The third-order valence-electron chi connectivity index (χ3n) is 0.439. The molecule has 0 aliphatic rings. The smallest absolute Gasteiger partial charge is 0.171 e. The second-order valence-electron chi connectivity index (χ2n) is 0.997. The van der Waals surface area contributed by atoms with Gasteiger partial charge in [-0.2, -0.15) is 12.6 Å². The number of rotatable bonds is 2. The van der Waals surface area contributed by atoms with E-state index in [4.69, 9.17) is 10.3 Å². The molecule has 0 aromatic rings. The molecule has 0 amide bonds. The zero-order valence-electron chi connectivity index (χ0n) is 3.57. The summed E-state index contributed by atoms with van der Waals surface area (Å²) in [6.45, 7) is 0. The summed E-state index contributed by atoms with van der Waals surface area (Å²) in [6.07, 6.45) is 0. The van der Waals surface area contributed by atoms with Crippen LogP contribution in [0.1, 0.15) is 0 Å². The number of thiol groups is 1. The minimum absolute atomic E-state index is 0.239. The van der Waals surface area contributed by atoms with Gasteiger partial charge < -0.3 is 10.3 Å². The van der Waals surface area contributed by atoms with E-state index in [1.54, 1.807) is 0 Å². The van der Waals surface area contributed by atoms with Crippen molar-refractivity contribution in [2.75, 3.05) is 5.75 Å². The van der Waals surface area contributed by atoms with E-state index in [1.165, 1.54) is 0 Å². The molecule has 0 spiro atoms. The van der Waals surface area contributed by atoms with Crippen molar-refractivity contribution in [1.29, 1.82) is 0 Å². The lowest BCUT2D eigenvalue weighted by atomic mass is 10.8. The van der Waals surface area contributed by atoms with Crippen LogP contribution < -0.4 is 5.73 Å². The molecule has 0 radical (unpaired) electrons. The van der Waals surface area contributed by atoms with Crippen LogP contribution in [0.15, 0.2) is 0 Å². The first-order valence-electron chi connectivity index (χ1n) is 1.64. The predicted molar refractivity (Wildman–Crippen MR) is 32.6 cm³/mol. The molecule has 1 unspecified atom stereocenters. The minimum Gasteiger partial charge on any atom is -0.315 e. The van der Waals surface area contributed by atoms with Crippen molar-refractivity contribution >= 4 is 23.7 Å². The van der Waals surface area contributed by atoms with Gasteiger partial charge >= 0.3 is 0 Å². The Balaban J connectivity index is 3.34. The molecular formula is C2H7NO2S2. The molecule has 3 nitrogen and oxygen atoms in total. The van der Waals surface area contributed by atoms with Gasteiger partial charge in [0.15, 0.2) is 11.1 Å². The minimum atomic E-state index is -1.91. The molecule has 0 rings (SSSR count). The van der Waals surface area contributed by atoms with Gasteiger partial charge in [0.05, 0.1) is 0 Å². The van der Waals surface area contributed by atoms with Crippen LogP contribution in [-0.4, -0.2) is 19.9 Å². The largest absolute Gasteiger partial charge is 0.315 e. The van der Waals surface area contributed by atoms with Gasteiger partial charge in [0.1, 0.15) is 5.37 Å². The van der Waals surface area contributed by atoms with Crippen molar-refractivity contribution in [3.63, 3.8) is 0 Å². The fourth-order valence-electron chi connectivity index (χ4n) is 0.0638. The van der Waals surface area contributed by atoms with Gasteiger partial charge in [-0.15, -0.1) is 0 Å². The summed E-state index contributed by atoms with van der Waals surface area (Å²) in [5, 5.41) is -0.705. The third kappa shape index (κ3) is 3.04. The third-order valence-corrected chi connectivity index (χ3v) is 1.76. The number of hydrogen-bond donors (Lipinski definition) is 3. The summed E-state index contributed by atoms with van der Waals surface area (Å²) < 4.78 is 18.0. The van der Waals surface area contributed by atoms with Crippen molar-refractivity contribution in [1.82, 2.24) is 0 Å². The van der Waals surface area contributed by atoms with Crippen molar-refractivity contribution in [3.8, 4) is 0 Å². The van der Waals surface area contributed by atoms with Crippen LogP contribution in [0.25, 0.3) is 0 Å². The van der Waals surface area contributed by atoms with E-state index in [0.29, 0.717) is 0 Å². The van der Waals surface area contributed by atoms with Crippen LogP contribution in [0.4, 0.5) is 0 Å². The summed E-state index contributed by atoms with van der Waals surface area (Å²) in [4.78, 5) is 0. The molecule has 0 aromatic heterocycles. The van der Waals surface area contributed by atoms with Crippen molar-refractivity contribution in [2.45, 2.75) is 5.37 Å². The van der Waals surface area contributed by atoms with E-state index in [0.717, 1.165) is 0 Å². The summed E-state index contributed by atoms with van der Waals surface area (Å²) >= 11 is 1.77. The molecule has 0 aromatic carbocycles. The molecule has 2 atom stereocenters. The Morgan fingerprint density at radius 1 is 2.00 bits per heavy atom. The summed E-state index contributed by atoms with van der Waals surface area (Å²) in [6, 6.07) is 0. The van der Waals surface area contributed by atoms with Crippen molar-refractivity contribution < 1.29 is 8.76 Å². The van der Waals surface area contributed by atoms with Crippen LogP contribution in [0.2, 0.25) is 0 Å². The van der Waals surface area contributed by atoms with E-state index in [2.05, 4.69) is 12.6 Å². The highest BCUT2D eigenvalue weighted by molar-refractivity contribution is 7.84. The van der Waals surface area contributed by atoms with Gasteiger partial charge in [-0.3, -0.25) is 0 Å². The van der Waals surface area contributed by atoms with Gasteiger partial charge in [-0.1, -0.05) is 0 Å². The Morgan fingerprint density at radius 2 is 2.43 bits per heavy atom. The standard InChI is InChI=1S/C2H7NO2S2/c3-2(1-6)7(4)5/h2,6H,1,3H2,(H,4,5)/t2-/m1/s1. The first-order valence-corrected chi connectivity index (χ1v) is 3.45. The Hall–Kier alpha value is 0.420. The average molecular weight is 141 g/mol. The zero-order valence-corrected chi connectivity index (χ0v) is 5.28. The zero-order chi connectivity index (χ0) is 5.86. The number of hydrogen-bond acceptors (Lipinski definition) is 3. The van der Waals surface area contributed by atoms with Crippen LogP contribution in [0.3, 0.4) is 0 Å². The second-order valence-corrected chi connectivity index (χ2v) is 2.52. The van der Waals surface area contributed by atoms with Crippen molar-refractivity contribution in [2.24, 2.45) is 5.73 Å². The normalized spacial score (nSPS) is 18.7. The summed E-state index contributed by atoms with van der Waals surface area (Å²) in [7, 11) is 0. The molecule has 7 heavy (non-hydrogen) atoms. The first-order chi connectivity index (χ1) is 3.18. The monoisotopic (exact) mass is 141 g/mol. The topological polar surface area (TPSA) is 63.3 Å². The van der Waals surface area contributed by atoms with Crippen LogP contribution >= 0.6 is 12.6 Å². The van der Waals surface area contributed by atoms with E-state index < -0.39 is 16.5 Å². The molecule has 44 valence electrons.